The van der Waals surface area contributed by atoms with E-state index in [-0.39, 0.29) is 41.7 Å². The lowest BCUT2D eigenvalue weighted by Crippen LogP contribution is -2.61. The smallest absolute Gasteiger partial charge is 0.227 e. The molecule has 4 rings (SSSR count). The second-order valence-electron chi connectivity index (χ2n) is 9.09. The Morgan fingerprint density at radius 2 is 2.04 bits per heavy atom. The number of carbonyl (C=O) groups is 3. The fourth-order valence-electron chi connectivity index (χ4n) is 6.83. The zero-order valence-electron chi connectivity index (χ0n) is 15.3. The van der Waals surface area contributed by atoms with Gasteiger partial charge in [0.05, 0.1) is 6.10 Å². The molecule has 0 amide bonds. The number of hydrogen-bond acceptors (Lipinski definition) is 5. The molecule has 5 nitrogen and oxygen atoms in total. The van der Waals surface area contributed by atoms with Crippen LogP contribution in [0.25, 0.3) is 0 Å². The Balaban J connectivity index is 1.76. The van der Waals surface area contributed by atoms with Crippen molar-refractivity contribution in [3.8, 4) is 0 Å². The zero-order valence-corrected chi connectivity index (χ0v) is 15.3. The van der Waals surface area contributed by atoms with Gasteiger partial charge < -0.3 is 10.2 Å². The molecule has 0 aromatic heterocycles. The number of aliphatic hydroxyl groups is 2. The van der Waals surface area contributed by atoms with E-state index in [0.29, 0.717) is 12.8 Å². The van der Waals surface area contributed by atoms with Crippen LogP contribution in [0.5, 0.6) is 0 Å². The Labute approximate surface area is 153 Å². The van der Waals surface area contributed by atoms with Gasteiger partial charge in [0.25, 0.3) is 0 Å². The summed E-state index contributed by atoms with van der Waals surface area (Å²) >= 11 is 0. The maximum atomic E-state index is 12.2. The number of allylic oxidation sites excluding steroid dienone is 4. The van der Waals surface area contributed by atoms with Gasteiger partial charge in [0.1, 0.15) is 5.60 Å². The molecule has 0 radical (unpaired) electrons. The average molecular weight is 358 g/mol. The molecular formula is C21H26O5. The van der Waals surface area contributed by atoms with Crippen molar-refractivity contribution in [2.75, 3.05) is 0 Å². The molecule has 0 unspecified atom stereocenters. The van der Waals surface area contributed by atoms with Gasteiger partial charge in [-0.2, -0.15) is 0 Å². The van der Waals surface area contributed by atoms with Gasteiger partial charge >= 0.3 is 0 Å². The van der Waals surface area contributed by atoms with Crippen LogP contribution in [0.1, 0.15) is 46.0 Å². The number of Topliss-reactive ketones (excluding diaryl/α,β-unsaturated/α-hetero) is 1. The van der Waals surface area contributed by atoms with Gasteiger partial charge in [0, 0.05) is 16.7 Å². The SMILES string of the molecule is C[C@]12C=CC(=O)C=C1CC[C@@H]1[C@@H]2[C@@H](O)C[C@@]2(C)[C@H]1CC[C@]2(O)C(=O)C=O. The summed E-state index contributed by atoms with van der Waals surface area (Å²) in [6.07, 6.45) is 7.62. The Kier molecular flexibility index (Phi) is 3.74. The third-order valence-electron chi connectivity index (χ3n) is 8.16. The predicted octanol–water partition coefficient (Wildman–Crippen LogP) is 1.76. The standard InChI is InChI=1S/C21H26O5/c1-19-7-5-13(23)9-12(19)3-4-14-15-6-8-21(26,17(25)11-22)20(15,2)10-16(24)18(14)19/h5,7,9,11,14-16,18,24,26H,3-4,6,8,10H2,1-2H3/t14-,15-,16-,18+,19-,20-,21-/m0/s1. The van der Waals surface area contributed by atoms with Crippen LogP contribution in [0, 0.1) is 28.6 Å². The minimum absolute atomic E-state index is 0.00196. The summed E-state index contributed by atoms with van der Waals surface area (Å²) in [6, 6.07) is 0. The van der Waals surface area contributed by atoms with E-state index in [9.17, 15) is 24.6 Å². The molecule has 0 heterocycles. The quantitative estimate of drug-likeness (QED) is 0.580. The lowest BCUT2D eigenvalue weighted by atomic mass is 9.46. The number of carbonyl (C=O) groups excluding carboxylic acids is 3. The van der Waals surface area contributed by atoms with Crippen LogP contribution in [0.4, 0.5) is 0 Å². The van der Waals surface area contributed by atoms with Gasteiger partial charge in [-0.3, -0.25) is 14.4 Å². The van der Waals surface area contributed by atoms with E-state index in [0.717, 1.165) is 18.4 Å². The van der Waals surface area contributed by atoms with Crippen molar-refractivity contribution in [1.82, 2.24) is 0 Å². The summed E-state index contributed by atoms with van der Waals surface area (Å²) < 4.78 is 0. The van der Waals surface area contributed by atoms with Crippen LogP contribution in [0.3, 0.4) is 0 Å². The topological polar surface area (TPSA) is 91.7 Å². The third-order valence-corrected chi connectivity index (χ3v) is 8.16. The predicted molar refractivity (Wildman–Crippen MR) is 94.0 cm³/mol. The maximum absolute atomic E-state index is 12.2. The van der Waals surface area contributed by atoms with Crippen LogP contribution in [0.15, 0.2) is 23.8 Å². The van der Waals surface area contributed by atoms with Gasteiger partial charge in [0.15, 0.2) is 12.1 Å². The van der Waals surface area contributed by atoms with Crippen LogP contribution < -0.4 is 0 Å². The minimum Gasteiger partial charge on any atom is -0.393 e. The monoisotopic (exact) mass is 358 g/mol. The molecule has 4 aliphatic carbocycles. The summed E-state index contributed by atoms with van der Waals surface area (Å²) in [6.45, 7) is 3.95. The molecule has 0 bridgehead atoms. The zero-order chi connectivity index (χ0) is 18.9. The minimum atomic E-state index is -1.68. The normalized spacial score (nSPS) is 49.7. The molecule has 0 spiro atoms. The van der Waals surface area contributed by atoms with E-state index in [1.165, 1.54) is 0 Å². The fourth-order valence-corrected chi connectivity index (χ4v) is 6.83. The molecule has 3 saturated carbocycles. The van der Waals surface area contributed by atoms with Gasteiger partial charge in [0.2, 0.25) is 5.78 Å². The van der Waals surface area contributed by atoms with Crippen LogP contribution in [-0.4, -0.2) is 39.8 Å². The number of aliphatic hydroxyl groups excluding tert-OH is 1. The van der Waals surface area contributed by atoms with Crippen molar-refractivity contribution in [3.05, 3.63) is 23.8 Å². The molecule has 0 aromatic carbocycles. The largest absolute Gasteiger partial charge is 0.393 e. The molecule has 140 valence electrons. The number of hydrogen-bond donors (Lipinski definition) is 2. The van der Waals surface area contributed by atoms with E-state index >= 15 is 0 Å². The van der Waals surface area contributed by atoms with Crippen LogP contribution in [-0.2, 0) is 14.4 Å². The van der Waals surface area contributed by atoms with Crippen molar-refractivity contribution >= 4 is 17.9 Å². The van der Waals surface area contributed by atoms with Gasteiger partial charge in [-0.25, -0.2) is 0 Å². The summed E-state index contributed by atoms with van der Waals surface area (Å²) in [5.74, 6) is -0.582. The third kappa shape index (κ3) is 2.01. The lowest BCUT2D eigenvalue weighted by molar-refractivity contribution is -0.176. The lowest BCUT2D eigenvalue weighted by Gasteiger charge is -2.59. The van der Waals surface area contributed by atoms with Crippen molar-refractivity contribution < 1.29 is 24.6 Å². The number of ketones is 2. The highest BCUT2D eigenvalue weighted by molar-refractivity contribution is 6.29. The molecule has 3 fully saturated rings. The van der Waals surface area contributed by atoms with Gasteiger partial charge in [-0.15, -0.1) is 0 Å². The summed E-state index contributed by atoms with van der Waals surface area (Å²) in [5, 5.41) is 22.2. The Morgan fingerprint density at radius 3 is 2.73 bits per heavy atom. The number of aldehydes is 1. The first kappa shape index (κ1) is 17.8. The van der Waals surface area contributed by atoms with E-state index in [1.54, 1.807) is 12.2 Å². The van der Waals surface area contributed by atoms with E-state index in [4.69, 9.17) is 0 Å². The molecule has 0 aliphatic heterocycles. The van der Waals surface area contributed by atoms with E-state index in [1.807, 2.05) is 13.0 Å². The molecular weight excluding hydrogens is 332 g/mol. The van der Waals surface area contributed by atoms with Gasteiger partial charge in [-0.05, 0) is 56.1 Å². The molecule has 5 heteroatoms. The van der Waals surface area contributed by atoms with Crippen molar-refractivity contribution in [3.63, 3.8) is 0 Å². The molecule has 4 aliphatic rings. The second-order valence-corrected chi connectivity index (χ2v) is 9.09. The maximum Gasteiger partial charge on any atom is 0.227 e. The second kappa shape index (κ2) is 5.46. The molecule has 26 heavy (non-hydrogen) atoms. The highest BCUT2D eigenvalue weighted by atomic mass is 16.3. The molecule has 0 aromatic rings. The van der Waals surface area contributed by atoms with Crippen molar-refractivity contribution in [2.45, 2.75) is 57.7 Å². The summed E-state index contributed by atoms with van der Waals surface area (Å²) in [7, 11) is 0. The van der Waals surface area contributed by atoms with Crippen molar-refractivity contribution in [1.29, 1.82) is 0 Å². The number of rotatable bonds is 2. The Hall–Kier alpha value is -1.59. The van der Waals surface area contributed by atoms with Gasteiger partial charge in [-0.1, -0.05) is 25.5 Å². The Bertz CT molecular complexity index is 752. The highest BCUT2D eigenvalue weighted by Crippen LogP contribution is 2.66. The first-order valence-electron chi connectivity index (χ1n) is 9.52. The summed E-state index contributed by atoms with van der Waals surface area (Å²) in [5.41, 5.74) is -1.77. The Morgan fingerprint density at radius 1 is 1.31 bits per heavy atom. The van der Waals surface area contributed by atoms with E-state index < -0.39 is 22.9 Å². The van der Waals surface area contributed by atoms with Crippen LogP contribution >= 0.6 is 0 Å². The molecule has 7 atom stereocenters. The summed E-state index contributed by atoms with van der Waals surface area (Å²) in [4.78, 5) is 35.2. The highest BCUT2D eigenvalue weighted by Gasteiger charge is 2.68. The van der Waals surface area contributed by atoms with Crippen molar-refractivity contribution in [2.24, 2.45) is 28.6 Å². The number of fused-ring (bicyclic) bond motifs is 5. The first-order valence-corrected chi connectivity index (χ1v) is 9.52. The van der Waals surface area contributed by atoms with E-state index in [2.05, 4.69) is 6.92 Å². The molecule has 2 N–H and O–H groups in total. The fraction of sp³-hybridized carbons (Fsp3) is 0.667. The average Bonchev–Trinajstić information content (AvgIpc) is 2.86. The molecule has 0 saturated heterocycles. The van der Waals surface area contributed by atoms with Crippen LogP contribution in [0.2, 0.25) is 0 Å². The first-order chi connectivity index (χ1) is 12.2.